The van der Waals surface area contributed by atoms with E-state index in [9.17, 15) is 4.39 Å². The molecule has 0 fully saturated rings. The number of hydrogen-bond acceptors (Lipinski definition) is 4. The van der Waals surface area contributed by atoms with Gasteiger partial charge < -0.3 is 10.9 Å². The lowest BCUT2D eigenvalue weighted by Gasteiger charge is -2.24. The monoisotopic (exact) mass is 307 g/mol. The van der Waals surface area contributed by atoms with Crippen LogP contribution in [0.25, 0.3) is 0 Å². The van der Waals surface area contributed by atoms with Crippen molar-refractivity contribution in [3.8, 4) is 0 Å². The van der Waals surface area contributed by atoms with E-state index in [0.717, 1.165) is 5.56 Å². The molecule has 0 saturated carbocycles. The molecule has 21 heavy (non-hydrogen) atoms. The lowest BCUT2D eigenvalue weighted by Crippen LogP contribution is -2.24. The van der Waals surface area contributed by atoms with Crippen LogP contribution in [0, 0.1) is 5.82 Å². The number of thiophene rings is 1. The fraction of sp³-hybridized carbons (Fsp3) is 0.267. The van der Waals surface area contributed by atoms with Crippen molar-refractivity contribution in [2.24, 2.45) is 10.9 Å². The molecule has 2 aromatic rings. The standard InChI is InChI=1S/C15H18FN3OS/c1-10(14-4-3-7-21-14)19(2)9-11-5-6-12(16)8-13(11)15(17)18-20/h3-8,10,20H,9H2,1-2H3,(H2,17,18). The molecule has 0 aliphatic carbocycles. The highest BCUT2D eigenvalue weighted by Crippen LogP contribution is 2.25. The lowest BCUT2D eigenvalue weighted by molar-refractivity contribution is 0.256. The normalized spacial score (nSPS) is 13.6. The molecule has 1 aromatic heterocycles. The zero-order valence-corrected chi connectivity index (χ0v) is 12.8. The van der Waals surface area contributed by atoms with Gasteiger partial charge in [-0.25, -0.2) is 4.39 Å². The highest BCUT2D eigenvalue weighted by molar-refractivity contribution is 7.10. The molecule has 0 spiro atoms. The predicted molar refractivity (Wildman–Crippen MR) is 83.1 cm³/mol. The summed E-state index contributed by atoms with van der Waals surface area (Å²) < 4.78 is 13.4. The van der Waals surface area contributed by atoms with Gasteiger partial charge in [0, 0.05) is 23.0 Å². The van der Waals surface area contributed by atoms with Crippen molar-refractivity contribution in [2.45, 2.75) is 19.5 Å². The Hall–Kier alpha value is -1.92. The number of rotatable bonds is 5. The van der Waals surface area contributed by atoms with Crippen LogP contribution in [0.2, 0.25) is 0 Å². The molecule has 0 aliphatic heterocycles. The molecule has 3 N–H and O–H groups in total. The largest absolute Gasteiger partial charge is 0.409 e. The Morgan fingerprint density at radius 3 is 2.86 bits per heavy atom. The minimum Gasteiger partial charge on any atom is -0.409 e. The van der Waals surface area contributed by atoms with Crippen LogP contribution in [-0.2, 0) is 6.54 Å². The maximum atomic E-state index is 13.4. The smallest absolute Gasteiger partial charge is 0.170 e. The molecule has 1 aromatic carbocycles. The van der Waals surface area contributed by atoms with Gasteiger partial charge in [0.2, 0.25) is 0 Å². The van der Waals surface area contributed by atoms with Crippen LogP contribution in [0.4, 0.5) is 4.39 Å². The SMILES string of the molecule is CC(c1cccs1)N(C)Cc1ccc(F)cc1C(N)=NO. The van der Waals surface area contributed by atoms with E-state index in [-0.39, 0.29) is 11.9 Å². The molecule has 0 radical (unpaired) electrons. The van der Waals surface area contributed by atoms with Gasteiger partial charge in [-0.1, -0.05) is 17.3 Å². The van der Waals surface area contributed by atoms with Gasteiger partial charge in [-0.2, -0.15) is 0 Å². The van der Waals surface area contributed by atoms with E-state index in [0.29, 0.717) is 12.1 Å². The van der Waals surface area contributed by atoms with Crippen LogP contribution < -0.4 is 5.73 Å². The fourth-order valence-corrected chi connectivity index (χ4v) is 2.98. The van der Waals surface area contributed by atoms with Crippen LogP contribution in [0.1, 0.15) is 29.0 Å². The fourth-order valence-electron chi connectivity index (χ4n) is 2.13. The van der Waals surface area contributed by atoms with E-state index in [2.05, 4.69) is 23.0 Å². The van der Waals surface area contributed by atoms with Gasteiger partial charge in [0.15, 0.2) is 5.84 Å². The first kappa shape index (κ1) is 15.5. The molecular formula is C15H18FN3OS. The number of benzene rings is 1. The van der Waals surface area contributed by atoms with Gasteiger partial charge in [-0.05, 0) is 43.1 Å². The number of nitrogens with two attached hydrogens (primary N) is 1. The summed E-state index contributed by atoms with van der Waals surface area (Å²) in [6, 6.07) is 8.67. The van der Waals surface area contributed by atoms with Crippen LogP contribution in [0.3, 0.4) is 0 Å². The molecule has 112 valence electrons. The van der Waals surface area contributed by atoms with E-state index in [4.69, 9.17) is 10.9 Å². The summed E-state index contributed by atoms with van der Waals surface area (Å²) in [4.78, 5) is 3.39. The third-order valence-electron chi connectivity index (χ3n) is 3.49. The molecule has 1 heterocycles. The predicted octanol–water partition coefficient (Wildman–Crippen LogP) is 3.17. The summed E-state index contributed by atoms with van der Waals surface area (Å²) in [6.45, 7) is 2.68. The molecule has 6 heteroatoms. The maximum Gasteiger partial charge on any atom is 0.170 e. The summed E-state index contributed by atoms with van der Waals surface area (Å²) in [5, 5.41) is 13.8. The first-order valence-corrected chi connectivity index (χ1v) is 7.41. The highest BCUT2D eigenvalue weighted by atomic mass is 32.1. The zero-order valence-electron chi connectivity index (χ0n) is 12.0. The third kappa shape index (κ3) is 3.59. The Morgan fingerprint density at radius 1 is 1.48 bits per heavy atom. The van der Waals surface area contributed by atoms with E-state index in [1.807, 2.05) is 18.5 Å². The van der Waals surface area contributed by atoms with Crippen molar-refractivity contribution in [3.63, 3.8) is 0 Å². The molecule has 0 bridgehead atoms. The molecule has 0 aliphatic rings. The Kier molecular flexibility index (Phi) is 4.93. The van der Waals surface area contributed by atoms with Crippen LogP contribution in [-0.4, -0.2) is 23.0 Å². The average molecular weight is 307 g/mol. The highest BCUT2D eigenvalue weighted by Gasteiger charge is 2.16. The second-order valence-electron chi connectivity index (χ2n) is 4.89. The third-order valence-corrected chi connectivity index (χ3v) is 4.53. The zero-order chi connectivity index (χ0) is 15.4. The number of nitrogens with zero attached hydrogens (tertiary/aromatic N) is 2. The van der Waals surface area contributed by atoms with Crippen molar-refractivity contribution in [3.05, 3.63) is 57.5 Å². The van der Waals surface area contributed by atoms with Crippen molar-refractivity contribution < 1.29 is 9.60 Å². The van der Waals surface area contributed by atoms with Gasteiger partial charge in [0.1, 0.15) is 5.82 Å². The average Bonchev–Trinajstić information content (AvgIpc) is 3.01. The molecular weight excluding hydrogens is 289 g/mol. The van der Waals surface area contributed by atoms with Gasteiger partial charge >= 0.3 is 0 Å². The first-order chi connectivity index (χ1) is 10.0. The van der Waals surface area contributed by atoms with Crippen molar-refractivity contribution in [1.82, 2.24) is 4.90 Å². The number of amidine groups is 1. The van der Waals surface area contributed by atoms with E-state index < -0.39 is 5.82 Å². The molecule has 1 atom stereocenters. The summed E-state index contributed by atoms with van der Waals surface area (Å²) in [5.41, 5.74) is 6.86. The van der Waals surface area contributed by atoms with Crippen LogP contribution in [0.15, 0.2) is 40.9 Å². The Labute approximate surface area is 127 Å². The Bertz CT molecular complexity index is 628. The van der Waals surface area contributed by atoms with E-state index >= 15 is 0 Å². The summed E-state index contributed by atoms with van der Waals surface area (Å²) >= 11 is 1.70. The molecule has 0 amide bonds. The first-order valence-electron chi connectivity index (χ1n) is 6.53. The number of hydrogen-bond donors (Lipinski definition) is 2. The van der Waals surface area contributed by atoms with Gasteiger partial charge in [0.05, 0.1) is 0 Å². The van der Waals surface area contributed by atoms with Crippen molar-refractivity contribution in [2.75, 3.05) is 7.05 Å². The summed E-state index contributed by atoms with van der Waals surface area (Å²) in [5.74, 6) is -0.490. The van der Waals surface area contributed by atoms with Gasteiger partial charge in [-0.15, -0.1) is 11.3 Å². The summed E-state index contributed by atoms with van der Waals surface area (Å²) in [7, 11) is 1.99. The van der Waals surface area contributed by atoms with Gasteiger partial charge in [-0.3, -0.25) is 4.90 Å². The second kappa shape index (κ2) is 6.69. The van der Waals surface area contributed by atoms with Crippen LogP contribution in [0.5, 0.6) is 0 Å². The maximum absolute atomic E-state index is 13.4. The Morgan fingerprint density at radius 2 is 2.24 bits per heavy atom. The molecule has 0 saturated heterocycles. The number of oxime groups is 1. The van der Waals surface area contributed by atoms with E-state index in [1.165, 1.54) is 17.0 Å². The minimum absolute atomic E-state index is 0.0818. The molecule has 1 unspecified atom stereocenters. The van der Waals surface area contributed by atoms with Crippen molar-refractivity contribution >= 4 is 17.2 Å². The van der Waals surface area contributed by atoms with Gasteiger partial charge in [0.25, 0.3) is 0 Å². The lowest BCUT2D eigenvalue weighted by atomic mass is 10.1. The quantitative estimate of drug-likeness (QED) is 0.386. The van der Waals surface area contributed by atoms with Crippen LogP contribution >= 0.6 is 11.3 Å². The second-order valence-corrected chi connectivity index (χ2v) is 5.87. The Balaban J connectivity index is 2.23. The molecule has 4 nitrogen and oxygen atoms in total. The molecule has 2 rings (SSSR count). The number of halogens is 1. The van der Waals surface area contributed by atoms with Crippen molar-refractivity contribution in [1.29, 1.82) is 0 Å². The summed E-state index contributed by atoms with van der Waals surface area (Å²) in [6.07, 6.45) is 0. The topological polar surface area (TPSA) is 61.8 Å². The minimum atomic E-state index is -0.408. The van der Waals surface area contributed by atoms with E-state index in [1.54, 1.807) is 17.4 Å².